The Hall–Kier alpha value is -3.48. The zero-order valence-corrected chi connectivity index (χ0v) is 35.1. The van der Waals surface area contributed by atoms with Crippen LogP contribution in [0, 0.1) is 45.0 Å². The largest absolute Gasteiger partial charge is 0.458 e. The fourth-order valence-corrected chi connectivity index (χ4v) is 13.8. The second-order valence-electron chi connectivity index (χ2n) is 16.9. The number of fused-ring (bicyclic) bond motifs is 1. The summed E-state index contributed by atoms with van der Waals surface area (Å²) in [4.78, 5) is 28.5. The van der Waals surface area contributed by atoms with Crippen molar-refractivity contribution in [3.8, 4) is 11.5 Å². The molecule has 6 nitrogen and oxygen atoms in total. The van der Waals surface area contributed by atoms with Crippen LogP contribution in [0.3, 0.4) is 0 Å². The highest BCUT2D eigenvalue weighted by Gasteiger charge is 2.71. The lowest BCUT2D eigenvalue weighted by molar-refractivity contribution is -0.247. The normalized spacial score (nSPS) is 32.8. The van der Waals surface area contributed by atoms with Crippen molar-refractivity contribution < 1.29 is 37.3 Å². The Balaban J connectivity index is 0.000000149. The molecule has 4 aromatic carbocycles. The van der Waals surface area contributed by atoms with E-state index in [4.69, 9.17) is 18.9 Å². The predicted molar refractivity (Wildman–Crippen MR) is 221 cm³/mol. The summed E-state index contributed by atoms with van der Waals surface area (Å²) in [5.74, 6) is -1.78. The molecule has 298 valence electrons. The second-order valence-corrected chi connectivity index (χ2v) is 20.2. The van der Waals surface area contributed by atoms with Crippen LogP contribution in [-0.4, -0.2) is 41.8 Å². The number of hydrogen-bond acceptors (Lipinski definition) is 6. The Kier molecular flexibility index (Phi) is 10.7. The lowest BCUT2D eigenvalue weighted by atomic mass is 9.49. The molecule has 57 heavy (non-hydrogen) atoms. The van der Waals surface area contributed by atoms with Gasteiger partial charge in [0, 0.05) is 22.3 Å². The van der Waals surface area contributed by atoms with Gasteiger partial charge in [0.25, 0.3) is 0 Å². The lowest BCUT2D eigenvalue weighted by Crippen LogP contribution is -2.61. The molecule has 7 fully saturated rings. The van der Waals surface area contributed by atoms with Gasteiger partial charge >= 0.3 is 17.9 Å². The van der Waals surface area contributed by atoms with E-state index in [1.165, 1.54) is 50.4 Å². The van der Waals surface area contributed by atoms with Gasteiger partial charge in [-0.15, -0.1) is 0 Å². The average molecular weight is 906 g/mol. The van der Waals surface area contributed by atoms with Crippen molar-refractivity contribution in [3.05, 3.63) is 113 Å². The zero-order chi connectivity index (χ0) is 39.5. The van der Waals surface area contributed by atoms with Crippen LogP contribution in [0.2, 0.25) is 0 Å². The summed E-state index contributed by atoms with van der Waals surface area (Å²) in [6.45, 7) is 2.72. The smallest absolute Gasteiger partial charge is 0.377 e. The van der Waals surface area contributed by atoms with Gasteiger partial charge in [0.15, 0.2) is 14.7 Å². The van der Waals surface area contributed by atoms with Gasteiger partial charge in [0.05, 0.1) is 28.5 Å². The van der Waals surface area contributed by atoms with Crippen LogP contribution in [-0.2, 0) is 34.7 Å². The summed E-state index contributed by atoms with van der Waals surface area (Å²) >= 11 is 2.30. The van der Waals surface area contributed by atoms with E-state index in [1.807, 2.05) is 24.3 Å². The van der Waals surface area contributed by atoms with Gasteiger partial charge in [-0.2, -0.15) is 8.78 Å². The number of ether oxygens (including phenoxy) is 4. The molecule has 11 rings (SSSR count). The maximum atomic E-state index is 13.5. The van der Waals surface area contributed by atoms with Crippen molar-refractivity contribution in [2.75, 3.05) is 0 Å². The van der Waals surface area contributed by atoms with Crippen LogP contribution in [0.15, 0.2) is 124 Å². The number of hydrogen-bond donors (Lipinski definition) is 0. The van der Waals surface area contributed by atoms with Crippen LogP contribution >= 0.6 is 22.6 Å². The van der Waals surface area contributed by atoms with Crippen molar-refractivity contribution in [1.29, 1.82) is 0 Å². The molecule has 0 amide bonds. The van der Waals surface area contributed by atoms with E-state index < -0.39 is 30.2 Å². The fraction of sp³-hybridized carbons (Fsp3) is 0.447. The van der Waals surface area contributed by atoms with E-state index in [0.717, 1.165) is 29.8 Å². The van der Waals surface area contributed by atoms with E-state index in [1.54, 1.807) is 0 Å². The van der Waals surface area contributed by atoms with Crippen LogP contribution in [0.25, 0.3) is 0 Å². The molecule has 6 saturated carbocycles. The van der Waals surface area contributed by atoms with E-state index in [0.29, 0.717) is 25.2 Å². The summed E-state index contributed by atoms with van der Waals surface area (Å²) in [7, 11) is -0.129. The molecular weight excluding hydrogens is 857 g/mol. The molecule has 0 radical (unpaired) electrons. The first-order valence-electron chi connectivity index (χ1n) is 20.4. The van der Waals surface area contributed by atoms with E-state index in [2.05, 4.69) is 114 Å². The minimum absolute atomic E-state index is 0.0958. The Morgan fingerprint density at radius 3 is 1.81 bits per heavy atom. The van der Waals surface area contributed by atoms with Crippen LogP contribution < -0.4 is 4.74 Å². The highest BCUT2D eigenvalue weighted by Crippen LogP contribution is 2.64. The highest BCUT2D eigenvalue weighted by molar-refractivity contribution is 14.1. The summed E-state index contributed by atoms with van der Waals surface area (Å²) in [6.07, 6.45) is 5.83. The van der Waals surface area contributed by atoms with Crippen molar-refractivity contribution in [2.24, 2.45) is 41.4 Å². The van der Waals surface area contributed by atoms with Crippen LogP contribution in [0.1, 0.15) is 58.8 Å². The van der Waals surface area contributed by atoms with Crippen LogP contribution in [0.5, 0.6) is 11.5 Å². The summed E-state index contributed by atoms with van der Waals surface area (Å²) < 4.78 is 51.9. The maximum absolute atomic E-state index is 13.5. The standard InChI is InChI=1S/C24H18IOS.C23H30F2O5/c25-19-11-13-20(14-12-19)26-21-15-17-24(18-16-21)27(22-7-3-1-4-8-22)23-9-5-2-6-10-23;1-3-23(12-5-10-4-11(7-12)8-13(23)6-10)30-17-15-9-14-16(17)20(26)28-18(14)19(15)29-21(27)22(2,24)25/h1-18H;10-19H,3-9H2,1-2H3/q+1;. The molecule has 4 aromatic rings. The first kappa shape index (κ1) is 39.0. The highest BCUT2D eigenvalue weighted by atomic mass is 127. The van der Waals surface area contributed by atoms with E-state index in [-0.39, 0.29) is 40.2 Å². The zero-order valence-electron chi connectivity index (χ0n) is 32.1. The van der Waals surface area contributed by atoms with Gasteiger partial charge in [-0.25, -0.2) is 4.79 Å². The number of halogens is 3. The number of benzene rings is 4. The number of alkyl halides is 2. The molecule has 1 heterocycles. The third-order valence-electron chi connectivity index (χ3n) is 13.6. The molecule has 6 atom stereocenters. The van der Waals surface area contributed by atoms with Gasteiger partial charge in [-0.1, -0.05) is 43.3 Å². The Bertz CT molecular complexity index is 1990. The second kappa shape index (κ2) is 15.6. The van der Waals surface area contributed by atoms with Crippen molar-refractivity contribution >= 4 is 45.4 Å². The number of esters is 2. The first-order valence-corrected chi connectivity index (χ1v) is 22.7. The molecule has 0 N–H and O–H groups in total. The third-order valence-corrected chi connectivity index (χ3v) is 16.5. The quantitative estimate of drug-likeness (QED) is 0.0897. The molecule has 6 bridgehead atoms. The lowest BCUT2D eigenvalue weighted by Gasteiger charge is -2.61. The summed E-state index contributed by atoms with van der Waals surface area (Å²) in [5, 5.41) is 0. The van der Waals surface area contributed by atoms with E-state index in [9.17, 15) is 18.4 Å². The van der Waals surface area contributed by atoms with Gasteiger partial charge in [0.2, 0.25) is 0 Å². The number of carbonyl (C=O) groups is 2. The van der Waals surface area contributed by atoms with Gasteiger partial charge in [0.1, 0.15) is 23.7 Å². The molecule has 0 spiro atoms. The molecule has 6 aliphatic carbocycles. The summed E-state index contributed by atoms with van der Waals surface area (Å²) in [5.41, 5.74) is -0.246. The molecule has 1 saturated heterocycles. The Morgan fingerprint density at radius 1 is 0.754 bits per heavy atom. The monoisotopic (exact) mass is 905 g/mol. The maximum Gasteiger partial charge on any atom is 0.377 e. The molecule has 6 unspecified atom stereocenters. The van der Waals surface area contributed by atoms with Crippen LogP contribution in [0.4, 0.5) is 8.78 Å². The van der Waals surface area contributed by atoms with Gasteiger partial charge in [-0.3, -0.25) is 4.79 Å². The number of carbonyl (C=O) groups excluding carboxylic acids is 2. The minimum atomic E-state index is -3.56. The Morgan fingerprint density at radius 2 is 1.28 bits per heavy atom. The summed E-state index contributed by atoms with van der Waals surface area (Å²) in [6, 6.07) is 37.9. The van der Waals surface area contributed by atoms with Gasteiger partial charge < -0.3 is 18.9 Å². The number of rotatable bonds is 10. The SMILES string of the molecule is CCC1(OC2C3CC4C(OC(=O)C42)C3OC(=O)C(C)(F)F)C2CC3CC(C2)CC1C3.Ic1ccc(Oc2ccc([S+](c3ccccc3)c3ccccc3)cc2)cc1. The Labute approximate surface area is 349 Å². The van der Waals surface area contributed by atoms with Crippen molar-refractivity contribution in [3.63, 3.8) is 0 Å². The molecule has 10 heteroatoms. The first-order chi connectivity index (χ1) is 27.5. The molecule has 7 aliphatic rings. The van der Waals surface area contributed by atoms with E-state index >= 15 is 0 Å². The molecule has 0 aromatic heterocycles. The topological polar surface area (TPSA) is 71.1 Å². The molecule has 1 aliphatic heterocycles. The predicted octanol–water partition coefficient (Wildman–Crippen LogP) is 10.9. The van der Waals surface area contributed by atoms with Crippen molar-refractivity contribution in [2.45, 2.75) is 103 Å². The third kappa shape index (κ3) is 7.41. The molecular formula is C47H48F2IO6S+. The van der Waals surface area contributed by atoms with Crippen molar-refractivity contribution in [1.82, 2.24) is 0 Å². The fourth-order valence-electron chi connectivity index (χ4n) is 11.4. The minimum Gasteiger partial charge on any atom is -0.458 e. The van der Waals surface area contributed by atoms with Gasteiger partial charge in [-0.05, 0) is 164 Å². The average Bonchev–Trinajstić information content (AvgIpc) is 3.83.